The van der Waals surface area contributed by atoms with Crippen LogP contribution in [0.3, 0.4) is 0 Å². The van der Waals surface area contributed by atoms with E-state index < -0.39 is 0 Å². The highest BCUT2D eigenvalue weighted by Crippen LogP contribution is 1.96. The third-order valence-corrected chi connectivity index (χ3v) is 1.88. The molecule has 78 valence electrons. The molecule has 0 aromatic rings. The van der Waals surface area contributed by atoms with Crippen LogP contribution in [-0.2, 0) is 9.53 Å². The van der Waals surface area contributed by atoms with Gasteiger partial charge in [0, 0.05) is 33.2 Å². The fourth-order valence-corrected chi connectivity index (χ4v) is 1.08. The van der Waals surface area contributed by atoms with E-state index in [1.54, 1.807) is 4.90 Å². The minimum Gasteiger partial charge on any atom is -0.382 e. The molecule has 0 spiro atoms. The molecule has 3 heteroatoms. The molecule has 0 fully saturated rings. The van der Waals surface area contributed by atoms with E-state index >= 15 is 0 Å². The molecule has 0 heterocycles. The van der Waals surface area contributed by atoms with Gasteiger partial charge in [-0.2, -0.15) is 0 Å². The van der Waals surface area contributed by atoms with Gasteiger partial charge in [-0.1, -0.05) is 6.92 Å². The molecular formula is C10H21NO2. The molecule has 0 aliphatic carbocycles. The zero-order valence-electron chi connectivity index (χ0n) is 9.01. The molecule has 0 N–H and O–H groups in total. The molecule has 0 radical (unpaired) electrons. The summed E-state index contributed by atoms with van der Waals surface area (Å²) in [4.78, 5) is 13.1. The van der Waals surface area contributed by atoms with Gasteiger partial charge in [-0.05, 0) is 19.8 Å². The lowest BCUT2D eigenvalue weighted by Gasteiger charge is -2.16. The van der Waals surface area contributed by atoms with Crippen LogP contribution < -0.4 is 0 Å². The van der Waals surface area contributed by atoms with E-state index in [-0.39, 0.29) is 5.91 Å². The number of nitrogens with zero attached hydrogens (tertiary/aromatic N) is 1. The Labute approximate surface area is 81.1 Å². The zero-order valence-corrected chi connectivity index (χ0v) is 9.01. The normalized spacial score (nSPS) is 10.1. The molecule has 0 aromatic heterocycles. The molecule has 0 atom stereocenters. The Balaban J connectivity index is 3.38. The molecule has 0 aromatic carbocycles. The van der Waals surface area contributed by atoms with Gasteiger partial charge in [0.05, 0.1) is 0 Å². The topological polar surface area (TPSA) is 29.5 Å². The lowest BCUT2D eigenvalue weighted by Crippen LogP contribution is -2.27. The van der Waals surface area contributed by atoms with Crippen LogP contribution in [0.4, 0.5) is 0 Å². The Morgan fingerprint density at radius 1 is 1.38 bits per heavy atom. The Morgan fingerprint density at radius 2 is 2.08 bits per heavy atom. The second-order valence-corrected chi connectivity index (χ2v) is 3.12. The number of carbonyl (C=O) groups is 1. The lowest BCUT2D eigenvalue weighted by molar-refractivity contribution is -0.130. The van der Waals surface area contributed by atoms with Gasteiger partial charge in [0.15, 0.2) is 0 Å². The Bertz CT molecular complexity index is 137. The summed E-state index contributed by atoms with van der Waals surface area (Å²) in [6.07, 6.45) is 2.51. The van der Waals surface area contributed by atoms with E-state index in [9.17, 15) is 4.79 Å². The summed E-state index contributed by atoms with van der Waals surface area (Å²) in [5.41, 5.74) is 0. The van der Waals surface area contributed by atoms with Crippen LogP contribution >= 0.6 is 0 Å². The van der Waals surface area contributed by atoms with Crippen LogP contribution in [0.15, 0.2) is 0 Å². The fraction of sp³-hybridized carbons (Fsp3) is 0.900. The van der Waals surface area contributed by atoms with Crippen molar-refractivity contribution in [3.8, 4) is 0 Å². The highest BCUT2D eigenvalue weighted by molar-refractivity contribution is 5.75. The second-order valence-electron chi connectivity index (χ2n) is 3.12. The van der Waals surface area contributed by atoms with E-state index in [0.29, 0.717) is 6.42 Å². The van der Waals surface area contributed by atoms with Crippen LogP contribution in [0.5, 0.6) is 0 Å². The highest BCUT2D eigenvalue weighted by atomic mass is 16.5. The van der Waals surface area contributed by atoms with Crippen molar-refractivity contribution in [2.45, 2.75) is 33.1 Å². The molecule has 0 aliphatic rings. The van der Waals surface area contributed by atoms with Crippen LogP contribution in [0.1, 0.15) is 33.1 Å². The molecule has 0 saturated heterocycles. The number of rotatable bonds is 7. The van der Waals surface area contributed by atoms with E-state index in [4.69, 9.17) is 4.74 Å². The van der Waals surface area contributed by atoms with E-state index in [1.807, 2.05) is 20.9 Å². The van der Waals surface area contributed by atoms with Crippen molar-refractivity contribution in [2.24, 2.45) is 0 Å². The standard InChI is InChI=1S/C10H21NO2/c1-4-7-10(12)11(3)8-6-9-13-5-2/h4-9H2,1-3H3. The predicted octanol–water partition coefficient (Wildman–Crippen LogP) is 1.67. The van der Waals surface area contributed by atoms with Gasteiger partial charge in [0.25, 0.3) is 0 Å². The van der Waals surface area contributed by atoms with Gasteiger partial charge in [-0.15, -0.1) is 0 Å². The highest BCUT2D eigenvalue weighted by Gasteiger charge is 2.05. The number of hydrogen-bond donors (Lipinski definition) is 0. The van der Waals surface area contributed by atoms with Crippen molar-refractivity contribution < 1.29 is 9.53 Å². The maximum Gasteiger partial charge on any atom is 0.222 e. The molecule has 0 rings (SSSR count). The summed E-state index contributed by atoms with van der Waals surface area (Å²) in [5.74, 6) is 0.235. The summed E-state index contributed by atoms with van der Waals surface area (Å²) < 4.78 is 5.19. The van der Waals surface area contributed by atoms with E-state index in [0.717, 1.165) is 32.6 Å². The van der Waals surface area contributed by atoms with Gasteiger partial charge in [0.2, 0.25) is 5.91 Å². The third-order valence-electron chi connectivity index (χ3n) is 1.88. The predicted molar refractivity (Wildman–Crippen MR) is 53.7 cm³/mol. The first kappa shape index (κ1) is 12.4. The summed E-state index contributed by atoms with van der Waals surface area (Å²) in [6.45, 7) is 6.31. The Kier molecular flexibility index (Phi) is 7.69. The summed E-state index contributed by atoms with van der Waals surface area (Å²) >= 11 is 0. The van der Waals surface area contributed by atoms with Crippen molar-refractivity contribution in [1.29, 1.82) is 0 Å². The van der Waals surface area contributed by atoms with Gasteiger partial charge < -0.3 is 9.64 Å². The van der Waals surface area contributed by atoms with Crippen LogP contribution in [0.2, 0.25) is 0 Å². The number of amides is 1. The molecule has 0 saturated carbocycles. The maximum atomic E-state index is 11.3. The van der Waals surface area contributed by atoms with Crippen molar-refractivity contribution in [3.63, 3.8) is 0 Å². The van der Waals surface area contributed by atoms with Crippen molar-refractivity contribution in [2.75, 3.05) is 26.8 Å². The Morgan fingerprint density at radius 3 is 2.62 bits per heavy atom. The first-order chi connectivity index (χ1) is 6.22. The molecule has 13 heavy (non-hydrogen) atoms. The van der Waals surface area contributed by atoms with Gasteiger partial charge in [0.1, 0.15) is 0 Å². The van der Waals surface area contributed by atoms with Gasteiger partial charge in [-0.25, -0.2) is 0 Å². The monoisotopic (exact) mass is 187 g/mol. The summed E-state index contributed by atoms with van der Waals surface area (Å²) in [5, 5.41) is 0. The number of hydrogen-bond acceptors (Lipinski definition) is 2. The summed E-state index contributed by atoms with van der Waals surface area (Å²) in [7, 11) is 1.85. The van der Waals surface area contributed by atoms with Crippen LogP contribution in [0, 0.1) is 0 Å². The van der Waals surface area contributed by atoms with E-state index in [2.05, 4.69) is 0 Å². The van der Waals surface area contributed by atoms with Crippen molar-refractivity contribution in [1.82, 2.24) is 4.90 Å². The lowest BCUT2D eigenvalue weighted by atomic mass is 10.3. The first-order valence-electron chi connectivity index (χ1n) is 5.04. The average molecular weight is 187 g/mol. The fourth-order valence-electron chi connectivity index (χ4n) is 1.08. The van der Waals surface area contributed by atoms with Crippen molar-refractivity contribution in [3.05, 3.63) is 0 Å². The number of ether oxygens (including phenoxy) is 1. The number of carbonyl (C=O) groups excluding carboxylic acids is 1. The molecule has 3 nitrogen and oxygen atoms in total. The van der Waals surface area contributed by atoms with E-state index in [1.165, 1.54) is 0 Å². The van der Waals surface area contributed by atoms with Gasteiger partial charge in [-0.3, -0.25) is 4.79 Å². The summed E-state index contributed by atoms with van der Waals surface area (Å²) in [6, 6.07) is 0. The molecule has 0 bridgehead atoms. The van der Waals surface area contributed by atoms with Crippen molar-refractivity contribution >= 4 is 5.91 Å². The largest absolute Gasteiger partial charge is 0.382 e. The first-order valence-corrected chi connectivity index (χ1v) is 5.04. The Hall–Kier alpha value is -0.570. The van der Waals surface area contributed by atoms with Gasteiger partial charge >= 0.3 is 0 Å². The minimum atomic E-state index is 0.235. The smallest absolute Gasteiger partial charge is 0.222 e. The molecular weight excluding hydrogens is 166 g/mol. The van der Waals surface area contributed by atoms with Crippen LogP contribution in [0.25, 0.3) is 0 Å². The second kappa shape index (κ2) is 8.05. The minimum absolute atomic E-state index is 0.235. The quantitative estimate of drug-likeness (QED) is 0.567. The average Bonchev–Trinajstić information content (AvgIpc) is 2.12. The SMILES string of the molecule is CCCC(=O)N(C)CCCOCC. The zero-order chi connectivity index (χ0) is 10.1. The molecule has 0 aliphatic heterocycles. The van der Waals surface area contributed by atoms with Crippen LogP contribution in [-0.4, -0.2) is 37.6 Å². The third kappa shape index (κ3) is 6.58. The molecule has 0 unspecified atom stereocenters. The molecule has 1 amide bonds. The maximum absolute atomic E-state index is 11.3.